The van der Waals surface area contributed by atoms with Gasteiger partial charge in [0.2, 0.25) is 0 Å². The van der Waals surface area contributed by atoms with Crippen molar-refractivity contribution in [2.45, 2.75) is 26.2 Å². The molecule has 1 aromatic heterocycles. The Labute approximate surface area is 213 Å². The molecule has 0 N–H and O–H groups in total. The van der Waals surface area contributed by atoms with Crippen LogP contribution in [0.4, 0.5) is 8.78 Å². The first-order chi connectivity index (χ1) is 17.8. The van der Waals surface area contributed by atoms with Gasteiger partial charge in [0.05, 0.1) is 5.56 Å². The summed E-state index contributed by atoms with van der Waals surface area (Å²) in [4.78, 5) is 46.9. The molecule has 2 aliphatic rings. The number of ketones is 1. The van der Waals surface area contributed by atoms with Crippen molar-refractivity contribution in [3.8, 4) is 0 Å². The number of amides is 2. The van der Waals surface area contributed by atoms with Crippen molar-refractivity contribution < 1.29 is 23.2 Å². The SMILES string of the molecule is Cc1ccc(F)c(C(=O)N2CCC3(CCN(C(=O)c4ncccc4C(=O)c4ccccc4)C3)CC2)c1F. The fourth-order valence-corrected chi connectivity index (χ4v) is 5.37. The van der Waals surface area contributed by atoms with Crippen LogP contribution in [0.2, 0.25) is 0 Å². The maximum atomic E-state index is 14.5. The van der Waals surface area contributed by atoms with Gasteiger partial charge in [-0.25, -0.2) is 8.78 Å². The number of hydrogen-bond acceptors (Lipinski definition) is 4. The number of aromatic nitrogens is 1. The standard InChI is InChI=1S/C29H27F2N3O3/c1-19-9-10-22(30)23(24(19)31)27(36)33-15-11-29(12-16-33)13-17-34(18-29)28(37)25-21(8-5-14-32-25)26(35)20-6-3-2-4-7-20/h2-10,14H,11-13,15-18H2,1H3. The Morgan fingerprint density at radius 3 is 2.22 bits per heavy atom. The number of likely N-dealkylation sites (tertiary alicyclic amines) is 2. The van der Waals surface area contributed by atoms with Crippen LogP contribution < -0.4 is 0 Å². The van der Waals surface area contributed by atoms with Gasteiger partial charge in [0, 0.05) is 37.9 Å². The van der Waals surface area contributed by atoms with Gasteiger partial charge in [-0.15, -0.1) is 0 Å². The summed E-state index contributed by atoms with van der Waals surface area (Å²) in [6.45, 7) is 3.21. The lowest BCUT2D eigenvalue weighted by Gasteiger charge is -2.39. The van der Waals surface area contributed by atoms with Crippen molar-refractivity contribution in [3.63, 3.8) is 0 Å². The maximum absolute atomic E-state index is 14.5. The molecule has 2 aliphatic heterocycles. The molecule has 190 valence electrons. The van der Waals surface area contributed by atoms with Crippen LogP contribution in [0, 0.1) is 24.0 Å². The molecule has 5 rings (SSSR count). The van der Waals surface area contributed by atoms with Gasteiger partial charge in [0.1, 0.15) is 22.9 Å². The van der Waals surface area contributed by atoms with Gasteiger partial charge in [0.25, 0.3) is 11.8 Å². The first kappa shape index (κ1) is 24.7. The van der Waals surface area contributed by atoms with E-state index in [-0.39, 0.29) is 33.9 Å². The molecular weight excluding hydrogens is 476 g/mol. The quantitative estimate of drug-likeness (QED) is 0.486. The van der Waals surface area contributed by atoms with Gasteiger partial charge < -0.3 is 9.80 Å². The van der Waals surface area contributed by atoms with E-state index < -0.39 is 23.1 Å². The molecule has 3 aromatic rings. The Morgan fingerprint density at radius 2 is 1.51 bits per heavy atom. The molecule has 2 fully saturated rings. The summed E-state index contributed by atoms with van der Waals surface area (Å²) in [5, 5.41) is 0. The topological polar surface area (TPSA) is 70.6 Å². The highest BCUT2D eigenvalue weighted by molar-refractivity contribution is 6.14. The van der Waals surface area contributed by atoms with E-state index >= 15 is 0 Å². The Hall–Kier alpha value is -3.94. The molecule has 8 heteroatoms. The molecule has 1 spiro atoms. The van der Waals surface area contributed by atoms with Gasteiger partial charge in [-0.1, -0.05) is 36.4 Å². The van der Waals surface area contributed by atoms with Crippen molar-refractivity contribution >= 4 is 17.6 Å². The third kappa shape index (κ3) is 4.63. The summed E-state index contributed by atoms with van der Waals surface area (Å²) < 4.78 is 28.8. The zero-order valence-electron chi connectivity index (χ0n) is 20.5. The van der Waals surface area contributed by atoms with Crippen molar-refractivity contribution in [3.05, 3.63) is 100 Å². The summed E-state index contributed by atoms with van der Waals surface area (Å²) in [5.41, 5.74) is 0.413. The average molecular weight is 504 g/mol. The van der Waals surface area contributed by atoms with E-state index in [0.29, 0.717) is 44.6 Å². The number of hydrogen-bond donors (Lipinski definition) is 0. The number of carbonyl (C=O) groups is 3. The van der Waals surface area contributed by atoms with Crippen LogP contribution in [0.5, 0.6) is 0 Å². The first-order valence-corrected chi connectivity index (χ1v) is 12.4. The molecule has 0 saturated carbocycles. The zero-order valence-corrected chi connectivity index (χ0v) is 20.5. The number of halogens is 2. The van der Waals surface area contributed by atoms with Crippen LogP contribution in [-0.2, 0) is 0 Å². The van der Waals surface area contributed by atoms with E-state index in [1.165, 1.54) is 24.1 Å². The van der Waals surface area contributed by atoms with Crippen molar-refractivity contribution in [2.75, 3.05) is 26.2 Å². The van der Waals surface area contributed by atoms with E-state index in [0.717, 1.165) is 12.5 Å². The fraction of sp³-hybridized carbons (Fsp3) is 0.310. The van der Waals surface area contributed by atoms with Crippen LogP contribution in [0.25, 0.3) is 0 Å². The third-order valence-electron chi connectivity index (χ3n) is 7.63. The second-order valence-electron chi connectivity index (χ2n) is 9.92. The second-order valence-corrected chi connectivity index (χ2v) is 9.92. The monoisotopic (exact) mass is 503 g/mol. The number of rotatable bonds is 4. The molecule has 6 nitrogen and oxygen atoms in total. The van der Waals surface area contributed by atoms with Crippen LogP contribution >= 0.6 is 0 Å². The Morgan fingerprint density at radius 1 is 0.838 bits per heavy atom. The van der Waals surface area contributed by atoms with Crippen LogP contribution in [0.3, 0.4) is 0 Å². The molecule has 0 aliphatic carbocycles. The van der Waals surface area contributed by atoms with E-state index in [2.05, 4.69) is 4.98 Å². The van der Waals surface area contributed by atoms with Gasteiger partial charge in [0.15, 0.2) is 5.78 Å². The minimum Gasteiger partial charge on any atom is -0.338 e. The van der Waals surface area contributed by atoms with Gasteiger partial charge in [-0.3, -0.25) is 19.4 Å². The van der Waals surface area contributed by atoms with Crippen LogP contribution in [0.15, 0.2) is 60.8 Å². The highest BCUT2D eigenvalue weighted by Crippen LogP contribution is 2.41. The molecule has 0 bridgehead atoms. The molecule has 2 amide bonds. The zero-order chi connectivity index (χ0) is 26.2. The predicted molar refractivity (Wildman–Crippen MR) is 133 cm³/mol. The minimum atomic E-state index is -0.859. The molecule has 2 saturated heterocycles. The molecule has 0 unspecified atom stereocenters. The summed E-state index contributed by atoms with van der Waals surface area (Å²) in [6, 6.07) is 14.5. The molecule has 3 heterocycles. The maximum Gasteiger partial charge on any atom is 0.273 e. The number of aryl methyl sites for hydroxylation is 1. The van der Waals surface area contributed by atoms with E-state index in [1.54, 1.807) is 41.3 Å². The average Bonchev–Trinajstić information content (AvgIpc) is 3.34. The summed E-state index contributed by atoms with van der Waals surface area (Å²) in [7, 11) is 0. The summed E-state index contributed by atoms with van der Waals surface area (Å²) in [6.07, 6.45) is 3.50. The predicted octanol–water partition coefficient (Wildman–Crippen LogP) is 4.67. The Kier molecular flexibility index (Phi) is 6.58. The number of pyridine rings is 1. The van der Waals surface area contributed by atoms with Crippen LogP contribution in [-0.4, -0.2) is 58.6 Å². The molecule has 37 heavy (non-hydrogen) atoms. The molecular formula is C29H27F2N3O3. The number of carbonyl (C=O) groups excluding carboxylic acids is 3. The Balaban J connectivity index is 1.28. The van der Waals surface area contributed by atoms with Crippen LogP contribution in [0.1, 0.15) is 61.6 Å². The van der Waals surface area contributed by atoms with Crippen molar-refractivity contribution in [1.82, 2.24) is 14.8 Å². The number of nitrogens with zero attached hydrogens (tertiary/aromatic N) is 3. The number of benzene rings is 2. The smallest absolute Gasteiger partial charge is 0.273 e. The molecule has 2 aromatic carbocycles. The van der Waals surface area contributed by atoms with E-state index in [4.69, 9.17) is 0 Å². The largest absolute Gasteiger partial charge is 0.338 e. The van der Waals surface area contributed by atoms with Gasteiger partial charge >= 0.3 is 0 Å². The highest BCUT2D eigenvalue weighted by Gasteiger charge is 2.44. The highest BCUT2D eigenvalue weighted by atomic mass is 19.1. The first-order valence-electron chi connectivity index (χ1n) is 12.4. The second kappa shape index (κ2) is 9.84. The minimum absolute atomic E-state index is 0.131. The fourth-order valence-electron chi connectivity index (χ4n) is 5.37. The summed E-state index contributed by atoms with van der Waals surface area (Å²) >= 11 is 0. The molecule has 0 radical (unpaired) electrons. The van der Waals surface area contributed by atoms with E-state index in [9.17, 15) is 23.2 Å². The lowest BCUT2D eigenvalue weighted by Crippen LogP contribution is -2.45. The normalized spacial score (nSPS) is 16.7. The van der Waals surface area contributed by atoms with Gasteiger partial charge in [-0.2, -0.15) is 0 Å². The van der Waals surface area contributed by atoms with E-state index in [1.807, 2.05) is 6.07 Å². The van der Waals surface area contributed by atoms with Crippen molar-refractivity contribution in [1.29, 1.82) is 0 Å². The lowest BCUT2D eigenvalue weighted by molar-refractivity contribution is 0.0556. The van der Waals surface area contributed by atoms with Crippen molar-refractivity contribution in [2.24, 2.45) is 5.41 Å². The van der Waals surface area contributed by atoms with Gasteiger partial charge in [-0.05, 0) is 55.4 Å². The third-order valence-corrected chi connectivity index (χ3v) is 7.63. The lowest BCUT2D eigenvalue weighted by atomic mass is 9.77. The number of piperidine rings is 1. The Bertz CT molecular complexity index is 1370. The summed E-state index contributed by atoms with van der Waals surface area (Å²) in [5.74, 6) is -2.87. The molecule has 0 atom stereocenters.